The molecule has 0 saturated heterocycles. The van der Waals surface area contributed by atoms with Gasteiger partial charge < -0.3 is 0 Å². The summed E-state index contributed by atoms with van der Waals surface area (Å²) in [4.78, 5) is 0. The van der Waals surface area contributed by atoms with Crippen LogP contribution in [-0.4, -0.2) is 5.38 Å². The highest BCUT2D eigenvalue weighted by Crippen LogP contribution is 2.18. The smallest absolute Gasteiger partial charge is 0.0373 e. The maximum absolute atomic E-state index is 6.15. The lowest BCUT2D eigenvalue weighted by Crippen LogP contribution is -2.00. The molecule has 0 aliphatic heterocycles. The summed E-state index contributed by atoms with van der Waals surface area (Å²) in [6, 6.07) is 15.0. The van der Waals surface area contributed by atoms with E-state index in [1.165, 1.54) is 16.3 Å². The summed E-state index contributed by atoms with van der Waals surface area (Å²) in [6.45, 7) is 2.12. The highest BCUT2D eigenvalue weighted by Gasteiger charge is 2.03. The van der Waals surface area contributed by atoms with Crippen molar-refractivity contribution < 1.29 is 0 Å². The molecule has 0 spiro atoms. The summed E-state index contributed by atoms with van der Waals surface area (Å²) in [7, 11) is 0. The summed E-state index contributed by atoms with van der Waals surface area (Å²) in [6.07, 6.45) is 1.98. The van der Waals surface area contributed by atoms with Crippen molar-refractivity contribution in [2.24, 2.45) is 0 Å². The average Bonchev–Trinajstić information content (AvgIpc) is 2.29. The van der Waals surface area contributed by atoms with Gasteiger partial charge in [-0.3, -0.25) is 0 Å². The van der Waals surface area contributed by atoms with E-state index in [0.29, 0.717) is 0 Å². The third-order valence-corrected chi connectivity index (χ3v) is 3.18. The Hall–Kier alpha value is -1.01. The standard InChI is InChI=1S/C14H15Cl/c1-2-14(15)10-11-7-8-12-5-3-4-6-13(12)9-11/h3-9,14H,2,10H2,1H3. The van der Waals surface area contributed by atoms with Crippen molar-refractivity contribution in [3.05, 3.63) is 48.0 Å². The zero-order chi connectivity index (χ0) is 10.7. The lowest BCUT2D eigenvalue weighted by molar-refractivity contribution is 0.806. The van der Waals surface area contributed by atoms with E-state index in [4.69, 9.17) is 11.6 Å². The zero-order valence-corrected chi connectivity index (χ0v) is 9.67. The second kappa shape index (κ2) is 4.67. The first-order chi connectivity index (χ1) is 7.29. The van der Waals surface area contributed by atoms with Gasteiger partial charge in [-0.15, -0.1) is 11.6 Å². The second-order valence-electron chi connectivity index (χ2n) is 3.89. The molecule has 0 heterocycles. The van der Waals surface area contributed by atoms with Crippen LogP contribution >= 0.6 is 11.6 Å². The molecule has 15 heavy (non-hydrogen) atoms. The first-order valence-corrected chi connectivity index (χ1v) is 5.85. The summed E-state index contributed by atoms with van der Waals surface area (Å²) >= 11 is 6.15. The molecule has 1 unspecified atom stereocenters. The molecule has 0 bridgehead atoms. The van der Waals surface area contributed by atoms with Gasteiger partial charge in [0, 0.05) is 5.38 Å². The molecule has 0 fully saturated rings. The van der Waals surface area contributed by atoms with Crippen LogP contribution in [0.15, 0.2) is 42.5 Å². The maximum Gasteiger partial charge on any atom is 0.0373 e. The largest absolute Gasteiger partial charge is 0.123 e. The molecule has 0 aliphatic carbocycles. The van der Waals surface area contributed by atoms with Crippen LogP contribution in [0.3, 0.4) is 0 Å². The van der Waals surface area contributed by atoms with Gasteiger partial charge in [0.25, 0.3) is 0 Å². The van der Waals surface area contributed by atoms with Gasteiger partial charge in [0.15, 0.2) is 0 Å². The fourth-order valence-electron chi connectivity index (χ4n) is 1.77. The Morgan fingerprint density at radius 3 is 2.53 bits per heavy atom. The SMILES string of the molecule is CCC(Cl)Cc1ccc2ccccc2c1. The Labute approximate surface area is 95.9 Å². The van der Waals surface area contributed by atoms with Gasteiger partial charge in [0.2, 0.25) is 0 Å². The Balaban J connectivity index is 2.30. The van der Waals surface area contributed by atoms with Crippen LogP contribution in [-0.2, 0) is 6.42 Å². The first kappa shape index (κ1) is 10.5. The van der Waals surface area contributed by atoms with Crippen LogP contribution in [0, 0.1) is 0 Å². The maximum atomic E-state index is 6.15. The van der Waals surface area contributed by atoms with Gasteiger partial charge in [0.1, 0.15) is 0 Å². The quantitative estimate of drug-likeness (QED) is 0.670. The van der Waals surface area contributed by atoms with E-state index in [2.05, 4.69) is 49.4 Å². The molecule has 0 radical (unpaired) electrons. The fraction of sp³-hybridized carbons (Fsp3) is 0.286. The number of benzene rings is 2. The number of fused-ring (bicyclic) bond motifs is 1. The van der Waals surface area contributed by atoms with Gasteiger partial charge in [-0.1, -0.05) is 49.4 Å². The summed E-state index contributed by atoms with van der Waals surface area (Å²) in [5, 5.41) is 2.85. The predicted molar refractivity (Wildman–Crippen MR) is 67.6 cm³/mol. The van der Waals surface area contributed by atoms with E-state index >= 15 is 0 Å². The van der Waals surface area contributed by atoms with Gasteiger partial charge in [-0.25, -0.2) is 0 Å². The van der Waals surface area contributed by atoms with Crippen molar-refractivity contribution >= 4 is 22.4 Å². The minimum absolute atomic E-state index is 0.256. The van der Waals surface area contributed by atoms with E-state index in [9.17, 15) is 0 Å². The van der Waals surface area contributed by atoms with Gasteiger partial charge in [-0.2, -0.15) is 0 Å². The Morgan fingerprint density at radius 1 is 1.07 bits per heavy atom. The molecular weight excluding hydrogens is 204 g/mol. The Bertz CT molecular complexity index is 448. The highest BCUT2D eigenvalue weighted by atomic mass is 35.5. The molecule has 0 aliphatic rings. The van der Waals surface area contributed by atoms with Crippen molar-refractivity contribution in [1.29, 1.82) is 0 Å². The molecule has 2 aromatic rings. The number of rotatable bonds is 3. The van der Waals surface area contributed by atoms with Crippen molar-refractivity contribution in [2.45, 2.75) is 25.1 Å². The third kappa shape index (κ3) is 2.51. The van der Waals surface area contributed by atoms with Crippen molar-refractivity contribution in [1.82, 2.24) is 0 Å². The lowest BCUT2D eigenvalue weighted by atomic mass is 10.0. The highest BCUT2D eigenvalue weighted by molar-refractivity contribution is 6.20. The predicted octanol–water partition coefficient (Wildman–Crippen LogP) is 4.40. The van der Waals surface area contributed by atoms with Gasteiger partial charge in [-0.05, 0) is 29.2 Å². The number of alkyl halides is 1. The van der Waals surface area contributed by atoms with Crippen LogP contribution in [0.4, 0.5) is 0 Å². The van der Waals surface area contributed by atoms with Crippen molar-refractivity contribution in [3.8, 4) is 0 Å². The molecule has 0 aromatic heterocycles. The van der Waals surface area contributed by atoms with E-state index in [1.54, 1.807) is 0 Å². The van der Waals surface area contributed by atoms with E-state index in [-0.39, 0.29) is 5.38 Å². The van der Waals surface area contributed by atoms with Gasteiger partial charge in [0.05, 0.1) is 0 Å². The molecule has 0 amide bonds. The van der Waals surface area contributed by atoms with Crippen LogP contribution < -0.4 is 0 Å². The molecule has 1 atom stereocenters. The zero-order valence-electron chi connectivity index (χ0n) is 8.91. The van der Waals surface area contributed by atoms with Crippen molar-refractivity contribution in [2.75, 3.05) is 0 Å². The summed E-state index contributed by atoms with van der Waals surface area (Å²) in [5.74, 6) is 0. The Kier molecular flexibility index (Phi) is 3.27. The molecule has 2 aromatic carbocycles. The minimum Gasteiger partial charge on any atom is -0.123 e. The summed E-state index contributed by atoms with van der Waals surface area (Å²) < 4.78 is 0. The molecule has 1 heteroatoms. The molecule has 0 nitrogen and oxygen atoms in total. The number of hydrogen-bond acceptors (Lipinski definition) is 0. The topological polar surface area (TPSA) is 0 Å². The molecule has 0 N–H and O–H groups in total. The van der Waals surface area contributed by atoms with E-state index in [0.717, 1.165) is 12.8 Å². The average molecular weight is 219 g/mol. The minimum atomic E-state index is 0.256. The third-order valence-electron chi connectivity index (χ3n) is 2.71. The molecule has 0 saturated carbocycles. The van der Waals surface area contributed by atoms with Crippen LogP contribution in [0.25, 0.3) is 10.8 Å². The number of hydrogen-bond donors (Lipinski definition) is 0. The van der Waals surface area contributed by atoms with Crippen LogP contribution in [0.2, 0.25) is 0 Å². The first-order valence-electron chi connectivity index (χ1n) is 5.41. The van der Waals surface area contributed by atoms with Gasteiger partial charge >= 0.3 is 0 Å². The normalized spacial score (nSPS) is 12.9. The van der Waals surface area contributed by atoms with Crippen LogP contribution in [0.1, 0.15) is 18.9 Å². The van der Waals surface area contributed by atoms with Crippen molar-refractivity contribution in [3.63, 3.8) is 0 Å². The molecule has 2 rings (SSSR count). The fourth-order valence-corrected chi connectivity index (χ4v) is 1.94. The molecular formula is C14H15Cl. The lowest BCUT2D eigenvalue weighted by Gasteiger charge is -2.07. The number of halogens is 1. The van der Waals surface area contributed by atoms with E-state index in [1.807, 2.05) is 0 Å². The van der Waals surface area contributed by atoms with Crippen LogP contribution in [0.5, 0.6) is 0 Å². The Morgan fingerprint density at radius 2 is 1.80 bits per heavy atom. The summed E-state index contributed by atoms with van der Waals surface area (Å²) in [5.41, 5.74) is 1.33. The molecule has 78 valence electrons. The van der Waals surface area contributed by atoms with E-state index < -0.39 is 0 Å². The second-order valence-corrected chi connectivity index (χ2v) is 4.51. The monoisotopic (exact) mass is 218 g/mol.